The molecule has 0 unspecified atom stereocenters. The summed E-state index contributed by atoms with van der Waals surface area (Å²) in [6.45, 7) is 0. The fourth-order valence-corrected chi connectivity index (χ4v) is 9.81. The summed E-state index contributed by atoms with van der Waals surface area (Å²) in [7, 11) is 0. The van der Waals surface area contributed by atoms with E-state index in [0.717, 1.165) is 63.0 Å². The third kappa shape index (κ3) is 4.27. The highest BCUT2D eigenvalue weighted by Crippen LogP contribution is 2.64. The van der Waals surface area contributed by atoms with E-state index in [1.807, 2.05) is 0 Å². The third-order valence-electron chi connectivity index (χ3n) is 12.1. The molecule has 0 bridgehead atoms. The maximum Gasteiger partial charge on any atom is 0.160 e. The Morgan fingerprint density at radius 3 is 1.84 bits per heavy atom. The largest absolute Gasteiger partial charge is 0.296 e. The zero-order valence-corrected chi connectivity index (χ0v) is 30.5. The van der Waals surface area contributed by atoms with Crippen LogP contribution >= 0.6 is 0 Å². The first-order valence-corrected chi connectivity index (χ1v) is 19.4. The first-order chi connectivity index (χ1) is 27.8. The van der Waals surface area contributed by atoms with Crippen LogP contribution in [-0.4, -0.2) is 19.5 Å². The third-order valence-corrected chi connectivity index (χ3v) is 12.1. The highest BCUT2D eigenvalue weighted by Gasteiger charge is 2.52. The molecule has 3 aliphatic carbocycles. The lowest BCUT2D eigenvalue weighted by Gasteiger charge is -2.30. The predicted molar refractivity (Wildman–Crippen MR) is 228 cm³/mol. The van der Waals surface area contributed by atoms with Crippen molar-refractivity contribution < 1.29 is 0 Å². The Morgan fingerprint density at radius 1 is 0.482 bits per heavy atom. The van der Waals surface area contributed by atoms with Crippen molar-refractivity contribution in [2.24, 2.45) is 0 Å². The van der Waals surface area contributed by atoms with Crippen molar-refractivity contribution in [1.29, 1.82) is 0 Å². The standard InChI is InChI=1S/C52H34N4/c1-2-15-35(16-3-1)56-47-28-13-12-27-46(47)54-51(56)34-31-29-33(30-32-34)50-53-45-26-11-7-20-39(45)49(55-50)40-21-14-25-44-48(40)38-19-6-10-24-43(38)52(44)41-22-8-4-17-36(41)37-18-5-9-23-42(37)52/h1-2,4-15,17-32H,3,16H2. The molecule has 0 fully saturated rings. The van der Waals surface area contributed by atoms with Gasteiger partial charge in [-0.15, -0.1) is 0 Å². The van der Waals surface area contributed by atoms with Gasteiger partial charge in [0.1, 0.15) is 5.82 Å². The van der Waals surface area contributed by atoms with Gasteiger partial charge in [0.2, 0.25) is 0 Å². The summed E-state index contributed by atoms with van der Waals surface area (Å²) in [6.07, 6.45) is 8.59. The van der Waals surface area contributed by atoms with Crippen molar-refractivity contribution >= 4 is 27.6 Å². The predicted octanol–water partition coefficient (Wildman–Crippen LogP) is 12.5. The Hall–Kier alpha value is -7.17. The van der Waals surface area contributed by atoms with Crippen LogP contribution in [0.5, 0.6) is 0 Å². The van der Waals surface area contributed by atoms with Gasteiger partial charge in [0.05, 0.1) is 27.7 Å². The number of nitrogens with zero attached hydrogens (tertiary/aromatic N) is 4. The number of fused-ring (bicyclic) bond motifs is 12. The highest BCUT2D eigenvalue weighted by atomic mass is 15.1. The maximum absolute atomic E-state index is 5.47. The SMILES string of the molecule is C1=CCCC(n2c(-c3ccc(-c4nc(-c5cccc6c5-c5ccccc5C65c6ccccc6-c6ccccc65)c5ccccc5n4)cc3)nc3ccccc32)=C1. The number of imidazole rings is 1. The van der Waals surface area contributed by atoms with Crippen molar-refractivity contribution in [3.8, 4) is 56.3 Å². The molecule has 0 saturated carbocycles. The lowest BCUT2D eigenvalue weighted by Crippen LogP contribution is -2.25. The van der Waals surface area contributed by atoms with E-state index in [1.165, 1.54) is 50.2 Å². The van der Waals surface area contributed by atoms with E-state index in [0.29, 0.717) is 5.82 Å². The van der Waals surface area contributed by atoms with Crippen molar-refractivity contribution in [3.63, 3.8) is 0 Å². The van der Waals surface area contributed by atoms with Gasteiger partial charge in [-0.3, -0.25) is 4.57 Å². The van der Waals surface area contributed by atoms with E-state index < -0.39 is 5.41 Å². The highest BCUT2D eigenvalue weighted by molar-refractivity contribution is 6.04. The number of rotatable bonds is 4. The molecule has 262 valence electrons. The lowest BCUT2D eigenvalue weighted by atomic mass is 9.70. The summed E-state index contributed by atoms with van der Waals surface area (Å²) >= 11 is 0. The minimum atomic E-state index is -0.420. The van der Waals surface area contributed by atoms with Crippen LogP contribution in [0.25, 0.3) is 83.9 Å². The number of hydrogen-bond acceptors (Lipinski definition) is 3. The number of allylic oxidation sites excluding steroid dienone is 4. The summed E-state index contributed by atoms with van der Waals surface area (Å²) in [5.41, 5.74) is 18.3. The van der Waals surface area contributed by atoms with Crippen LogP contribution in [0.2, 0.25) is 0 Å². The monoisotopic (exact) mass is 714 g/mol. The van der Waals surface area contributed by atoms with E-state index >= 15 is 0 Å². The average Bonchev–Trinajstić information content (AvgIpc) is 3.91. The minimum absolute atomic E-state index is 0.420. The zero-order chi connectivity index (χ0) is 36.8. The van der Waals surface area contributed by atoms with Gasteiger partial charge in [0.15, 0.2) is 5.82 Å². The van der Waals surface area contributed by atoms with E-state index in [4.69, 9.17) is 15.0 Å². The Morgan fingerprint density at radius 2 is 1.09 bits per heavy atom. The lowest BCUT2D eigenvalue weighted by molar-refractivity contribution is 0.794. The molecular weight excluding hydrogens is 681 g/mol. The minimum Gasteiger partial charge on any atom is -0.296 e. The molecule has 2 heterocycles. The molecule has 3 aliphatic rings. The van der Waals surface area contributed by atoms with Crippen LogP contribution in [0.3, 0.4) is 0 Å². The summed E-state index contributed by atoms with van der Waals surface area (Å²) in [4.78, 5) is 15.8. The molecule has 0 N–H and O–H groups in total. The number of para-hydroxylation sites is 3. The Labute approximate surface area is 324 Å². The normalized spacial score (nSPS) is 14.5. The van der Waals surface area contributed by atoms with Crippen LogP contribution in [0.15, 0.2) is 182 Å². The van der Waals surface area contributed by atoms with E-state index in [2.05, 4.69) is 187 Å². The smallest absolute Gasteiger partial charge is 0.160 e. The molecule has 0 radical (unpaired) electrons. The second-order valence-electron chi connectivity index (χ2n) is 15.0. The number of benzene rings is 7. The van der Waals surface area contributed by atoms with Gasteiger partial charge in [-0.05, 0) is 81.6 Å². The Kier molecular flexibility index (Phi) is 6.64. The second-order valence-corrected chi connectivity index (χ2v) is 15.0. The number of aromatic nitrogens is 4. The van der Waals surface area contributed by atoms with E-state index in [1.54, 1.807) is 0 Å². The summed E-state index contributed by atoms with van der Waals surface area (Å²) in [5.74, 6) is 1.65. The summed E-state index contributed by atoms with van der Waals surface area (Å²) in [5, 5.41) is 1.04. The topological polar surface area (TPSA) is 43.6 Å². The fraction of sp³-hybridized carbons (Fsp3) is 0.0577. The van der Waals surface area contributed by atoms with Gasteiger partial charge in [-0.1, -0.05) is 158 Å². The average molecular weight is 715 g/mol. The van der Waals surface area contributed by atoms with Crippen molar-refractivity contribution in [3.05, 3.63) is 204 Å². The molecule has 4 nitrogen and oxygen atoms in total. The van der Waals surface area contributed by atoms with Gasteiger partial charge in [0, 0.05) is 27.8 Å². The maximum atomic E-state index is 5.47. The molecule has 0 aliphatic heterocycles. The van der Waals surface area contributed by atoms with Crippen LogP contribution in [-0.2, 0) is 5.41 Å². The van der Waals surface area contributed by atoms with Gasteiger partial charge in [-0.2, -0.15) is 0 Å². The van der Waals surface area contributed by atoms with Crippen LogP contribution < -0.4 is 0 Å². The van der Waals surface area contributed by atoms with Crippen LogP contribution in [0.1, 0.15) is 35.1 Å². The quantitative estimate of drug-likeness (QED) is 0.182. The second kappa shape index (κ2) is 11.9. The molecular formula is C52H34N4. The molecule has 12 rings (SSSR count). The van der Waals surface area contributed by atoms with Crippen molar-refractivity contribution in [1.82, 2.24) is 19.5 Å². The molecule has 0 saturated heterocycles. The molecule has 4 heteroatoms. The first-order valence-electron chi connectivity index (χ1n) is 19.4. The molecule has 0 amide bonds. The molecule has 9 aromatic rings. The van der Waals surface area contributed by atoms with Gasteiger partial charge < -0.3 is 0 Å². The van der Waals surface area contributed by atoms with E-state index in [9.17, 15) is 0 Å². The summed E-state index contributed by atoms with van der Waals surface area (Å²) in [6, 6.07) is 59.2. The molecule has 7 aromatic carbocycles. The Bertz CT molecular complexity index is 3100. The van der Waals surface area contributed by atoms with Gasteiger partial charge in [-0.25, -0.2) is 15.0 Å². The molecule has 0 atom stereocenters. The van der Waals surface area contributed by atoms with Crippen molar-refractivity contribution in [2.45, 2.75) is 18.3 Å². The van der Waals surface area contributed by atoms with Gasteiger partial charge in [0.25, 0.3) is 0 Å². The summed E-state index contributed by atoms with van der Waals surface area (Å²) < 4.78 is 2.32. The Balaban J connectivity index is 1.05. The fourth-order valence-electron chi connectivity index (χ4n) is 9.81. The number of hydrogen-bond donors (Lipinski definition) is 0. The van der Waals surface area contributed by atoms with Gasteiger partial charge >= 0.3 is 0 Å². The first kappa shape index (κ1) is 31.2. The van der Waals surface area contributed by atoms with Crippen LogP contribution in [0, 0.1) is 0 Å². The van der Waals surface area contributed by atoms with Crippen LogP contribution in [0.4, 0.5) is 0 Å². The zero-order valence-electron chi connectivity index (χ0n) is 30.5. The molecule has 56 heavy (non-hydrogen) atoms. The molecule has 2 aromatic heterocycles. The molecule has 1 spiro atoms. The van der Waals surface area contributed by atoms with Crippen molar-refractivity contribution in [2.75, 3.05) is 0 Å². The van der Waals surface area contributed by atoms with E-state index in [-0.39, 0.29) is 0 Å².